The maximum atomic E-state index is 13.2. The summed E-state index contributed by atoms with van der Waals surface area (Å²) >= 11 is 6.05. The van der Waals surface area contributed by atoms with Crippen LogP contribution in [0.4, 0.5) is 15.9 Å². The Hall–Kier alpha value is -2.14. The van der Waals surface area contributed by atoms with Gasteiger partial charge in [0.15, 0.2) is 5.78 Å². The fourth-order valence-corrected chi connectivity index (χ4v) is 2.89. The van der Waals surface area contributed by atoms with Crippen molar-refractivity contribution in [2.45, 2.75) is 20.1 Å². The number of alkyl halides is 1. The van der Waals surface area contributed by atoms with Crippen molar-refractivity contribution in [1.29, 1.82) is 0 Å². The first-order valence-corrected chi connectivity index (χ1v) is 7.79. The summed E-state index contributed by atoms with van der Waals surface area (Å²) in [6.45, 7) is 3.00. The van der Waals surface area contributed by atoms with E-state index in [0.717, 1.165) is 30.2 Å². The summed E-state index contributed by atoms with van der Waals surface area (Å²) in [6.07, 6.45) is 1.57. The number of carbonyl (C=O) groups is 1. The summed E-state index contributed by atoms with van der Waals surface area (Å²) in [5.41, 5.74) is 2.90. The van der Waals surface area contributed by atoms with Crippen LogP contribution in [0, 0.1) is 0 Å². The minimum absolute atomic E-state index is 0.0296. The number of carbonyl (C=O) groups excluding carboxylic acids is 1. The minimum Gasteiger partial charge on any atom is -0.367 e. The van der Waals surface area contributed by atoms with Gasteiger partial charge in [-0.15, -0.1) is 0 Å². The second kappa shape index (κ2) is 6.54. The van der Waals surface area contributed by atoms with Crippen molar-refractivity contribution >= 4 is 28.9 Å². The van der Waals surface area contributed by atoms with Crippen LogP contribution in [0.15, 0.2) is 30.5 Å². The van der Waals surface area contributed by atoms with E-state index in [9.17, 15) is 9.18 Å². The maximum Gasteiger partial charge on any atom is 0.161 e. The summed E-state index contributed by atoms with van der Waals surface area (Å²) in [4.78, 5) is 18.0. The third-order valence-corrected chi connectivity index (χ3v) is 4.20. The molecule has 4 nitrogen and oxygen atoms in total. The summed E-state index contributed by atoms with van der Waals surface area (Å²) in [7, 11) is 0. The molecule has 1 aromatic heterocycles. The summed E-state index contributed by atoms with van der Waals surface area (Å²) < 4.78 is 13.2. The molecular weight excluding hydrogens is 317 g/mol. The fourth-order valence-electron chi connectivity index (χ4n) is 2.69. The van der Waals surface area contributed by atoms with Gasteiger partial charge in [0, 0.05) is 36.4 Å². The molecule has 0 unspecified atom stereocenters. The Balaban J connectivity index is 1.95. The maximum absolute atomic E-state index is 13.2. The Labute approximate surface area is 139 Å². The zero-order chi connectivity index (χ0) is 16.4. The Kier molecular flexibility index (Phi) is 4.48. The van der Waals surface area contributed by atoms with Gasteiger partial charge < -0.3 is 10.2 Å². The van der Waals surface area contributed by atoms with E-state index in [1.165, 1.54) is 6.92 Å². The number of halogens is 2. The van der Waals surface area contributed by atoms with Crippen LogP contribution in [-0.4, -0.2) is 23.9 Å². The molecule has 0 saturated carbocycles. The van der Waals surface area contributed by atoms with E-state index in [2.05, 4.69) is 15.2 Å². The largest absolute Gasteiger partial charge is 0.367 e. The van der Waals surface area contributed by atoms with E-state index in [4.69, 9.17) is 11.6 Å². The first-order chi connectivity index (χ1) is 11.1. The van der Waals surface area contributed by atoms with E-state index < -0.39 is 6.67 Å². The average Bonchev–Trinajstić information content (AvgIpc) is 2.55. The zero-order valence-corrected chi connectivity index (χ0v) is 13.5. The Morgan fingerprint density at radius 1 is 1.39 bits per heavy atom. The number of Topliss-reactive ketones (excluding diaryl/α,β-unsaturated/α-hetero) is 1. The van der Waals surface area contributed by atoms with E-state index >= 15 is 0 Å². The number of fused-ring (bicyclic) bond motifs is 1. The number of nitrogens with zero attached hydrogens (tertiary/aromatic N) is 2. The van der Waals surface area contributed by atoms with Crippen LogP contribution in [0.5, 0.6) is 0 Å². The van der Waals surface area contributed by atoms with Crippen LogP contribution < -0.4 is 10.2 Å². The fraction of sp³-hybridized carbons (Fsp3) is 0.294. The molecule has 0 fully saturated rings. The number of nitrogens with one attached hydrogen (secondary N) is 1. The number of benzene rings is 1. The van der Waals surface area contributed by atoms with E-state index in [-0.39, 0.29) is 5.78 Å². The van der Waals surface area contributed by atoms with Gasteiger partial charge in [0.1, 0.15) is 12.5 Å². The molecule has 0 atom stereocenters. The molecule has 0 spiro atoms. The lowest BCUT2D eigenvalue weighted by Gasteiger charge is -2.32. The average molecular weight is 334 g/mol. The molecule has 1 aliphatic rings. The predicted octanol–water partition coefficient (Wildman–Crippen LogP) is 3.84. The molecule has 23 heavy (non-hydrogen) atoms. The molecule has 0 saturated heterocycles. The van der Waals surface area contributed by atoms with E-state index in [0.29, 0.717) is 22.7 Å². The van der Waals surface area contributed by atoms with Gasteiger partial charge in [0.2, 0.25) is 0 Å². The molecule has 120 valence electrons. The summed E-state index contributed by atoms with van der Waals surface area (Å²) in [6, 6.07) is 7.03. The molecule has 0 radical (unpaired) electrons. The lowest BCUT2D eigenvalue weighted by molar-refractivity contribution is 0.101. The Morgan fingerprint density at radius 2 is 2.22 bits per heavy atom. The number of pyridine rings is 1. The van der Waals surface area contributed by atoms with Crippen molar-refractivity contribution in [3.05, 3.63) is 52.2 Å². The number of aromatic nitrogens is 1. The monoisotopic (exact) mass is 333 g/mol. The number of rotatable bonds is 4. The highest BCUT2D eigenvalue weighted by Gasteiger charge is 2.20. The zero-order valence-electron chi connectivity index (χ0n) is 12.8. The third-order valence-electron chi connectivity index (χ3n) is 3.96. The van der Waals surface area contributed by atoms with Gasteiger partial charge in [-0.05, 0) is 36.2 Å². The highest BCUT2D eigenvalue weighted by Crippen LogP contribution is 2.30. The van der Waals surface area contributed by atoms with Crippen LogP contribution in [0.3, 0.4) is 0 Å². The normalized spacial score (nSPS) is 13.4. The quantitative estimate of drug-likeness (QED) is 0.863. The molecule has 2 aromatic rings. The van der Waals surface area contributed by atoms with Crippen LogP contribution >= 0.6 is 11.6 Å². The van der Waals surface area contributed by atoms with Gasteiger partial charge in [0.05, 0.1) is 5.69 Å². The molecule has 1 aromatic carbocycles. The van der Waals surface area contributed by atoms with Gasteiger partial charge in [-0.3, -0.25) is 4.79 Å². The van der Waals surface area contributed by atoms with Crippen LogP contribution in [0.2, 0.25) is 5.02 Å². The lowest BCUT2D eigenvalue weighted by atomic mass is 10.1. The van der Waals surface area contributed by atoms with E-state index in [1.807, 2.05) is 6.07 Å². The highest BCUT2D eigenvalue weighted by atomic mass is 35.5. The molecule has 2 heterocycles. The molecular formula is C17H17ClFN3O. The molecule has 6 heteroatoms. The van der Waals surface area contributed by atoms with Crippen LogP contribution in [-0.2, 0) is 13.2 Å². The Bertz CT molecular complexity index is 751. The minimum atomic E-state index is -0.531. The molecule has 0 amide bonds. The molecule has 0 aliphatic carbocycles. The Morgan fingerprint density at radius 3 is 2.96 bits per heavy atom. The number of anilines is 2. The van der Waals surface area contributed by atoms with Crippen molar-refractivity contribution in [3.63, 3.8) is 0 Å². The van der Waals surface area contributed by atoms with Crippen LogP contribution in [0.25, 0.3) is 0 Å². The molecule has 3 rings (SSSR count). The SMILES string of the molecule is CC(=O)c1cnc2c(c1)N(Cc1cc(Cl)ccc1CF)CCN2. The van der Waals surface area contributed by atoms with Gasteiger partial charge >= 0.3 is 0 Å². The van der Waals surface area contributed by atoms with Gasteiger partial charge in [-0.2, -0.15) is 0 Å². The standard InChI is InChI=1S/C17H17ClFN3O/c1-11(23)13-7-16-17(21-9-13)20-4-5-22(16)10-14-6-15(18)3-2-12(14)8-19/h2-3,6-7,9H,4-5,8,10H2,1H3,(H,20,21). The van der Waals surface area contributed by atoms with Gasteiger partial charge in [-0.1, -0.05) is 17.7 Å². The molecule has 0 bridgehead atoms. The van der Waals surface area contributed by atoms with Crippen LogP contribution in [0.1, 0.15) is 28.4 Å². The summed E-state index contributed by atoms with van der Waals surface area (Å²) in [5.74, 6) is 0.711. The van der Waals surface area contributed by atoms with Gasteiger partial charge in [0.25, 0.3) is 0 Å². The van der Waals surface area contributed by atoms with Crippen molar-refractivity contribution in [2.75, 3.05) is 23.3 Å². The second-order valence-electron chi connectivity index (χ2n) is 5.54. The van der Waals surface area contributed by atoms with E-state index in [1.54, 1.807) is 24.4 Å². The molecule has 1 aliphatic heterocycles. The van der Waals surface area contributed by atoms with Crippen molar-refractivity contribution in [3.8, 4) is 0 Å². The topological polar surface area (TPSA) is 45.2 Å². The summed E-state index contributed by atoms with van der Waals surface area (Å²) in [5, 5.41) is 3.81. The first-order valence-electron chi connectivity index (χ1n) is 7.41. The second-order valence-corrected chi connectivity index (χ2v) is 5.98. The number of hydrogen-bond acceptors (Lipinski definition) is 4. The smallest absolute Gasteiger partial charge is 0.161 e. The number of ketones is 1. The van der Waals surface area contributed by atoms with Crippen molar-refractivity contribution in [1.82, 2.24) is 4.98 Å². The third kappa shape index (κ3) is 3.29. The highest BCUT2D eigenvalue weighted by molar-refractivity contribution is 6.30. The number of hydrogen-bond donors (Lipinski definition) is 1. The van der Waals surface area contributed by atoms with Crippen molar-refractivity contribution in [2.24, 2.45) is 0 Å². The lowest BCUT2D eigenvalue weighted by Crippen LogP contribution is -2.34. The molecule has 1 N–H and O–H groups in total. The van der Waals surface area contributed by atoms with Gasteiger partial charge in [-0.25, -0.2) is 9.37 Å². The predicted molar refractivity (Wildman–Crippen MR) is 90.0 cm³/mol. The first kappa shape index (κ1) is 15.7. The van der Waals surface area contributed by atoms with Crippen molar-refractivity contribution < 1.29 is 9.18 Å².